The Bertz CT molecular complexity index is 781. The van der Waals surface area contributed by atoms with E-state index < -0.39 is 11.8 Å². The Labute approximate surface area is 145 Å². The zero-order chi connectivity index (χ0) is 18.2. The first-order chi connectivity index (χ1) is 12.0. The predicted octanol–water partition coefficient (Wildman–Crippen LogP) is 1.23. The highest BCUT2D eigenvalue weighted by molar-refractivity contribution is 5.95. The number of carbonyl (C=O) groups is 2. The molecular weight excluding hydrogens is 322 g/mol. The van der Waals surface area contributed by atoms with Gasteiger partial charge in [0.1, 0.15) is 6.54 Å². The Balaban J connectivity index is 1.84. The lowest BCUT2D eigenvalue weighted by Gasteiger charge is -2.10. The number of hydrogen-bond donors (Lipinski definition) is 2. The Morgan fingerprint density at radius 3 is 2.44 bits per heavy atom. The summed E-state index contributed by atoms with van der Waals surface area (Å²) >= 11 is 0. The molecule has 0 fully saturated rings. The molecular formula is C18H21N3O4. The molecule has 0 unspecified atom stereocenters. The van der Waals surface area contributed by atoms with Crippen molar-refractivity contribution < 1.29 is 14.3 Å². The van der Waals surface area contributed by atoms with Gasteiger partial charge in [-0.15, -0.1) is 0 Å². The topological polar surface area (TPSA) is 89.4 Å². The minimum Gasteiger partial charge on any atom is -0.374 e. The molecule has 1 aromatic heterocycles. The van der Waals surface area contributed by atoms with Gasteiger partial charge in [-0.25, -0.2) is 0 Å². The van der Waals surface area contributed by atoms with Crippen LogP contribution in [0.5, 0.6) is 0 Å². The van der Waals surface area contributed by atoms with Gasteiger partial charge in [-0.1, -0.05) is 18.2 Å². The number of rotatable bonds is 6. The third kappa shape index (κ3) is 5.89. The molecule has 0 atom stereocenters. The molecule has 1 heterocycles. The minimum absolute atomic E-state index is 0.135. The molecule has 0 radical (unpaired) electrons. The lowest BCUT2D eigenvalue weighted by atomic mass is 10.1. The third-order valence-electron chi connectivity index (χ3n) is 3.33. The number of hydrazine groups is 1. The number of hydrogen-bond acceptors (Lipinski definition) is 4. The van der Waals surface area contributed by atoms with E-state index in [9.17, 15) is 14.4 Å². The number of carbonyl (C=O) groups excluding carboxylic acids is 2. The average Bonchev–Trinajstić information content (AvgIpc) is 2.60. The van der Waals surface area contributed by atoms with Crippen LogP contribution < -0.4 is 16.4 Å². The van der Waals surface area contributed by atoms with Crippen LogP contribution >= 0.6 is 0 Å². The maximum absolute atomic E-state index is 12.0. The molecule has 2 N–H and O–H groups in total. The Hall–Kier alpha value is -2.93. The van der Waals surface area contributed by atoms with E-state index in [1.54, 1.807) is 36.4 Å². The lowest BCUT2D eigenvalue weighted by molar-refractivity contribution is -0.122. The van der Waals surface area contributed by atoms with Gasteiger partial charge in [0.15, 0.2) is 0 Å². The van der Waals surface area contributed by atoms with E-state index in [1.807, 2.05) is 13.8 Å². The SMILES string of the molecule is CC(C)OCc1ccc(C(=O)NNC(=O)Cn2ccccc2=O)cc1. The molecule has 0 aliphatic rings. The molecule has 2 aromatic rings. The summed E-state index contributed by atoms with van der Waals surface area (Å²) < 4.78 is 6.73. The van der Waals surface area contributed by atoms with Crippen LogP contribution in [0.2, 0.25) is 0 Å². The Kier molecular flexibility index (Phi) is 6.47. The van der Waals surface area contributed by atoms with E-state index in [1.165, 1.54) is 16.8 Å². The summed E-state index contributed by atoms with van der Waals surface area (Å²) in [6, 6.07) is 11.5. The molecule has 25 heavy (non-hydrogen) atoms. The summed E-state index contributed by atoms with van der Waals surface area (Å²) in [4.78, 5) is 35.3. The van der Waals surface area contributed by atoms with E-state index in [0.717, 1.165) is 5.56 Å². The van der Waals surface area contributed by atoms with Gasteiger partial charge in [-0.05, 0) is 37.6 Å². The van der Waals surface area contributed by atoms with Gasteiger partial charge in [0.2, 0.25) is 0 Å². The molecule has 0 saturated heterocycles. The van der Waals surface area contributed by atoms with Gasteiger partial charge in [-0.3, -0.25) is 25.2 Å². The monoisotopic (exact) mass is 343 g/mol. The maximum atomic E-state index is 12.0. The van der Waals surface area contributed by atoms with Crippen molar-refractivity contribution in [2.45, 2.75) is 33.1 Å². The quantitative estimate of drug-likeness (QED) is 0.772. The molecule has 7 heteroatoms. The second kappa shape index (κ2) is 8.79. The number of amides is 2. The first kappa shape index (κ1) is 18.4. The van der Waals surface area contributed by atoms with Crippen LogP contribution in [0.4, 0.5) is 0 Å². The van der Waals surface area contributed by atoms with E-state index in [-0.39, 0.29) is 18.2 Å². The molecule has 2 amide bonds. The highest BCUT2D eigenvalue weighted by atomic mass is 16.5. The first-order valence-corrected chi connectivity index (χ1v) is 7.91. The fraction of sp³-hybridized carbons (Fsp3) is 0.278. The van der Waals surface area contributed by atoms with Crippen molar-refractivity contribution in [2.24, 2.45) is 0 Å². The van der Waals surface area contributed by atoms with Crippen molar-refractivity contribution in [1.82, 2.24) is 15.4 Å². The fourth-order valence-corrected chi connectivity index (χ4v) is 2.00. The molecule has 1 aromatic carbocycles. The average molecular weight is 343 g/mol. The van der Waals surface area contributed by atoms with E-state index in [0.29, 0.717) is 12.2 Å². The molecule has 0 spiro atoms. The van der Waals surface area contributed by atoms with Gasteiger partial charge in [0, 0.05) is 17.8 Å². The summed E-state index contributed by atoms with van der Waals surface area (Å²) in [5, 5.41) is 0. The van der Waals surface area contributed by atoms with Crippen LogP contribution in [0.3, 0.4) is 0 Å². The van der Waals surface area contributed by atoms with Crippen LogP contribution in [0.25, 0.3) is 0 Å². The van der Waals surface area contributed by atoms with Crippen molar-refractivity contribution in [3.8, 4) is 0 Å². The molecule has 0 saturated carbocycles. The van der Waals surface area contributed by atoms with Crippen LogP contribution in [0, 0.1) is 0 Å². The van der Waals surface area contributed by atoms with E-state index >= 15 is 0 Å². The van der Waals surface area contributed by atoms with Crippen LogP contribution in [0.1, 0.15) is 29.8 Å². The number of nitrogens with zero attached hydrogens (tertiary/aromatic N) is 1. The van der Waals surface area contributed by atoms with Gasteiger partial charge in [-0.2, -0.15) is 0 Å². The van der Waals surface area contributed by atoms with Crippen LogP contribution in [0.15, 0.2) is 53.5 Å². The van der Waals surface area contributed by atoms with Crippen LogP contribution in [-0.2, 0) is 22.7 Å². The van der Waals surface area contributed by atoms with E-state index in [2.05, 4.69) is 10.9 Å². The molecule has 2 rings (SSSR count). The number of aromatic nitrogens is 1. The summed E-state index contributed by atoms with van der Waals surface area (Å²) in [5.74, 6) is -0.936. The Morgan fingerprint density at radius 1 is 1.08 bits per heavy atom. The standard InChI is InChI=1S/C18H21N3O4/c1-13(2)25-12-14-6-8-15(9-7-14)18(24)20-19-16(22)11-21-10-4-3-5-17(21)23/h3-10,13H,11-12H2,1-2H3,(H,19,22)(H,20,24). The van der Waals surface area contributed by atoms with Gasteiger partial charge in [0.25, 0.3) is 17.4 Å². The molecule has 7 nitrogen and oxygen atoms in total. The highest BCUT2D eigenvalue weighted by Gasteiger charge is 2.08. The predicted molar refractivity (Wildman–Crippen MR) is 92.7 cm³/mol. The normalized spacial score (nSPS) is 10.5. The van der Waals surface area contributed by atoms with Gasteiger partial charge < -0.3 is 9.30 Å². The second-order valence-corrected chi connectivity index (χ2v) is 5.73. The van der Waals surface area contributed by atoms with Crippen molar-refractivity contribution in [1.29, 1.82) is 0 Å². The number of pyridine rings is 1. The zero-order valence-electron chi connectivity index (χ0n) is 14.2. The number of benzene rings is 1. The zero-order valence-corrected chi connectivity index (χ0v) is 14.2. The van der Waals surface area contributed by atoms with Crippen LogP contribution in [-0.4, -0.2) is 22.5 Å². The number of ether oxygens (including phenoxy) is 1. The summed E-state index contributed by atoms with van der Waals surface area (Å²) in [7, 11) is 0. The molecule has 0 aliphatic carbocycles. The third-order valence-corrected chi connectivity index (χ3v) is 3.33. The largest absolute Gasteiger partial charge is 0.374 e. The molecule has 0 aliphatic heterocycles. The van der Waals surface area contributed by atoms with Crippen molar-refractivity contribution >= 4 is 11.8 Å². The van der Waals surface area contributed by atoms with Gasteiger partial charge >= 0.3 is 0 Å². The Morgan fingerprint density at radius 2 is 1.80 bits per heavy atom. The lowest BCUT2D eigenvalue weighted by Crippen LogP contribution is -2.44. The summed E-state index contributed by atoms with van der Waals surface area (Å²) in [6.07, 6.45) is 1.64. The summed E-state index contributed by atoms with van der Waals surface area (Å²) in [6.45, 7) is 4.20. The van der Waals surface area contributed by atoms with Crippen molar-refractivity contribution in [2.75, 3.05) is 0 Å². The first-order valence-electron chi connectivity index (χ1n) is 7.91. The second-order valence-electron chi connectivity index (χ2n) is 5.73. The molecule has 0 bridgehead atoms. The minimum atomic E-state index is -0.497. The smallest absolute Gasteiger partial charge is 0.269 e. The maximum Gasteiger partial charge on any atom is 0.269 e. The molecule has 132 valence electrons. The summed E-state index contributed by atoms with van der Waals surface area (Å²) in [5.41, 5.74) is 5.69. The fourth-order valence-electron chi connectivity index (χ4n) is 2.00. The van der Waals surface area contributed by atoms with E-state index in [4.69, 9.17) is 4.74 Å². The number of nitrogens with one attached hydrogen (secondary N) is 2. The highest BCUT2D eigenvalue weighted by Crippen LogP contribution is 2.07. The van der Waals surface area contributed by atoms with Crippen molar-refractivity contribution in [3.63, 3.8) is 0 Å². The van der Waals surface area contributed by atoms with Gasteiger partial charge in [0.05, 0.1) is 12.7 Å². The van der Waals surface area contributed by atoms with Crippen molar-refractivity contribution in [3.05, 3.63) is 70.1 Å².